The van der Waals surface area contributed by atoms with Gasteiger partial charge in [-0.25, -0.2) is 0 Å². The molecule has 2 rings (SSSR count). The first-order valence-electron chi connectivity index (χ1n) is 3.91. The average Bonchev–Trinajstić information content (AvgIpc) is 2.47. The molecule has 4 heteroatoms. The first kappa shape index (κ1) is 10.0. The van der Waals surface area contributed by atoms with E-state index in [9.17, 15) is 4.79 Å². The number of carbonyl (C=O) groups excluding carboxylic acids is 1. The number of amides is 1. The smallest absolute Gasteiger partial charge is 0.251 e. The number of nitrogens with one attached hydrogen (secondary N) is 1. The number of hydrogen-bond donors (Lipinski definition) is 2. The second-order valence-corrected chi connectivity index (χ2v) is 2.88. The van der Waals surface area contributed by atoms with E-state index in [1.54, 1.807) is 0 Å². The second kappa shape index (κ2) is 3.77. The Hall–Kier alpha value is -1.06. The first-order chi connectivity index (χ1) is 5.81. The molecule has 0 spiro atoms. The van der Waals surface area contributed by atoms with E-state index in [0.29, 0.717) is 13.1 Å². The van der Waals surface area contributed by atoms with Crippen LogP contribution in [0.1, 0.15) is 21.5 Å². The highest BCUT2D eigenvalue weighted by atomic mass is 35.5. The molecule has 13 heavy (non-hydrogen) atoms. The van der Waals surface area contributed by atoms with E-state index in [-0.39, 0.29) is 18.3 Å². The van der Waals surface area contributed by atoms with Gasteiger partial charge in [-0.1, -0.05) is 12.1 Å². The van der Waals surface area contributed by atoms with Crippen molar-refractivity contribution in [2.45, 2.75) is 13.1 Å². The van der Waals surface area contributed by atoms with Crippen LogP contribution < -0.4 is 11.1 Å². The van der Waals surface area contributed by atoms with Crippen molar-refractivity contribution in [3.63, 3.8) is 0 Å². The zero-order valence-corrected chi connectivity index (χ0v) is 7.86. The fourth-order valence-corrected chi connectivity index (χ4v) is 1.39. The van der Waals surface area contributed by atoms with Crippen molar-refractivity contribution < 1.29 is 4.79 Å². The Morgan fingerprint density at radius 2 is 2.23 bits per heavy atom. The lowest BCUT2D eigenvalue weighted by atomic mass is 10.1. The van der Waals surface area contributed by atoms with Crippen molar-refractivity contribution in [2.75, 3.05) is 0 Å². The maximum atomic E-state index is 11.2. The molecule has 1 amide bonds. The molecule has 0 fully saturated rings. The standard InChI is InChI=1S/C9H10N2O.ClH/c10-4-6-1-2-7-5-11-9(12)8(7)3-6;/h1-3H,4-5,10H2,(H,11,12);1H. The van der Waals surface area contributed by atoms with Crippen LogP contribution in [0.25, 0.3) is 0 Å². The third kappa shape index (κ3) is 1.66. The summed E-state index contributed by atoms with van der Waals surface area (Å²) in [6, 6.07) is 5.77. The van der Waals surface area contributed by atoms with Crippen LogP contribution in [0.3, 0.4) is 0 Å². The molecule has 0 atom stereocenters. The minimum absolute atomic E-state index is 0. The summed E-state index contributed by atoms with van der Waals surface area (Å²) in [6.45, 7) is 1.14. The maximum absolute atomic E-state index is 11.2. The quantitative estimate of drug-likeness (QED) is 0.702. The monoisotopic (exact) mass is 198 g/mol. The molecule has 1 aliphatic heterocycles. The van der Waals surface area contributed by atoms with Gasteiger partial charge in [-0.05, 0) is 17.2 Å². The molecule has 0 radical (unpaired) electrons. The number of fused-ring (bicyclic) bond motifs is 1. The SMILES string of the molecule is Cl.NCc1ccc2c(c1)C(=O)NC2. The van der Waals surface area contributed by atoms with E-state index < -0.39 is 0 Å². The van der Waals surface area contributed by atoms with Gasteiger partial charge in [0.1, 0.15) is 0 Å². The largest absolute Gasteiger partial charge is 0.348 e. The van der Waals surface area contributed by atoms with Crippen LogP contribution in [0.4, 0.5) is 0 Å². The van der Waals surface area contributed by atoms with Crippen molar-refractivity contribution in [1.29, 1.82) is 0 Å². The van der Waals surface area contributed by atoms with Gasteiger partial charge in [0.05, 0.1) is 0 Å². The van der Waals surface area contributed by atoms with E-state index >= 15 is 0 Å². The van der Waals surface area contributed by atoms with Gasteiger partial charge in [-0.2, -0.15) is 0 Å². The van der Waals surface area contributed by atoms with Crippen LogP contribution >= 0.6 is 12.4 Å². The van der Waals surface area contributed by atoms with E-state index in [4.69, 9.17) is 5.73 Å². The number of rotatable bonds is 1. The van der Waals surface area contributed by atoms with Crippen molar-refractivity contribution in [1.82, 2.24) is 5.32 Å². The van der Waals surface area contributed by atoms with Crippen molar-refractivity contribution in [2.24, 2.45) is 5.73 Å². The average molecular weight is 199 g/mol. The van der Waals surface area contributed by atoms with Gasteiger partial charge in [0, 0.05) is 18.7 Å². The van der Waals surface area contributed by atoms with Gasteiger partial charge in [0.15, 0.2) is 0 Å². The van der Waals surface area contributed by atoms with Crippen LogP contribution in [-0.2, 0) is 13.1 Å². The molecule has 1 aromatic carbocycles. The Morgan fingerprint density at radius 1 is 1.46 bits per heavy atom. The predicted molar refractivity (Wildman–Crippen MR) is 52.8 cm³/mol. The number of halogens is 1. The number of carbonyl (C=O) groups is 1. The summed E-state index contributed by atoms with van der Waals surface area (Å²) >= 11 is 0. The Labute approximate surface area is 82.7 Å². The minimum Gasteiger partial charge on any atom is -0.348 e. The summed E-state index contributed by atoms with van der Waals surface area (Å²) in [5.74, 6) is 0.0142. The predicted octanol–water partition coefficient (Wildman–Crippen LogP) is 0.811. The molecule has 70 valence electrons. The Balaban J connectivity index is 0.000000845. The molecular weight excluding hydrogens is 188 g/mol. The highest BCUT2D eigenvalue weighted by Crippen LogP contribution is 2.16. The fourth-order valence-electron chi connectivity index (χ4n) is 1.39. The second-order valence-electron chi connectivity index (χ2n) is 2.88. The molecule has 0 aromatic heterocycles. The normalized spacial score (nSPS) is 13.2. The van der Waals surface area contributed by atoms with E-state index in [2.05, 4.69) is 5.32 Å². The molecule has 1 aliphatic rings. The van der Waals surface area contributed by atoms with Crippen molar-refractivity contribution in [3.8, 4) is 0 Å². The first-order valence-corrected chi connectivity index (χ1v) is 3.91. The highest BCUT2D eigenvalue weighted by molar-refractivity contribution is 5.98. The lowest BCUT2D eigenvalue weighted by Gasteiger charge is -1.98. The van der Waals surface area contributed by atoms with Crippen molar-refractivity contribution >= 4 is 18.3 Å². The van der Waals surface area contributed by atoms with Gasteiger partial charge in [-0.15, -0.1) is 12.4 Å². The number of hydrogen-bond acceptors (Lipinski definition) is 2. The summed E-state index contributed by atoms with van der Waals surface area (Å²) in [7, 11) is 0. The maximum Gasteiger partial charge on any atom is 0.251 e. The highest BCUT2D eigenvalue weighted by Gasteiger charge is 2.17. The molecule has 3 N–H and O–H groups in total. The summed E-state index contributed by atoms with van der Waals surface area (Å²) in [5.41, 5.74) is 8.31. The Kier molecular flexibility index (Phi) is 2.90. The Bertz CT molecular complexity index is 338. The lowest BCUT2D eigenvalue weighted by Crippen LogP contribution is -2.12. The van der Waals surface area contributed by atoms with Crippen LogP contribution in [0.15, 0.2) is 18.2 Å². The van der Waals surface area contributed by atoms with Gasteiger partial charge in [-0.3, -0.25) is 4.79 Å². The molecule has 1 aromatic rings. The summed E-state index contributed by atoms with van der Waals surface area (Å²) in [5, 5.41) is 2.76. The van der Waals surface area contributed by atoms with E-state index in [1.807, 2.05) is 18.2 Å². The molecular formula is C9H11ClN2O. The lowest BCUT2D eigenvalue weighted by molar-refractivity contribution is 0.0965. The minimum atomic E-state index is 0. The molecule has 0 unspecified atom stereocenters. The van der Waals surface area contributed by atoms with E-state index in [1.165, 1.54) is 0 Å². The van der Waals surface area contributed by atoms with Gasteiger partial charge >= 0.3 is 0 Å². The molecule has 3 nitrogen and oxygen atoms in total. The third-order valence-electron chi connectivity index (χ3n) is 2.09. The summed E-state index contributed by atoms with van der Waals surface area (Å²) in [4.78, 5) is 11.2. The molecule has 0 saturated heterocycles. The molecule has 0 bridgehead atoms. The molecule has 0 saturated carbocycles. The zero-order valence-electron chi connectivity index (χ0n) is 7.04. The number of benzene rings is 1. The van der Waals surface area contributed by atoms with Crippen LogP contribution in [0.2, 0.25) is 0 Å². The number of nitrogens with two attached hydrogens (primary N) is 1. The van der Waals surface area contributed by atoms with Gasteiger partial charge in [0.2, 0.25) is 0 Å². The van der Waals surface area contributed by atoms with Gasteiger partial charge < -0.3 is 11.1 Å². The molecule has 1 heterocycles. The third-order valence-corrected chi connectivity index (χ3v) is 2.09. The van der Waals surface area contributed by atoms with Crippen LogP contribution in [-0.4, -0.2) is 5.91 Å². The zero-order chi connectivity index (χ0) is 8.55. The summed E-state index contributed by atoms with van der Waals surface area (Å²) in [6.07, 6.45) is 0. The topological polar surface area (TPSA) is 55.1 Å². The van der Waals surface area contributed by atoms with Crippen molar-refractivity contribution in [3.05, 3.63) is 34.9 Å². The fraction of sp³-hybridized carbons (Fsp3) is 0.222. The Morgan fingerprint density at radius 3 is 2.92 bits per heavy atom. The van der Waals surface area contributed by atoms with Gasteiger partial charge in [0.25, 0.3) is 5.91 Å². The summed E-state index contributed by atoms with van der Waals surface area (Å²) < 4.78 is 0. The molecule has 0 aliphatic carbocycles. The van der Waals surface area contributed by atoms with E-state index in [0.717, 1.165) is 16.7 Å². The van der Waals surface area contributed by atoms with Crippen LogP contribution in [0.5, 0.6) is 0 Å². The van der Waals surface area contributed by atoms with Crippen LogP contribution in [0, 0.1) is 0 Å².